The Morgan fingerprint density at radius 3 is 3.14 bits per heavy atom. The zero-order chi connectivity index (χ0) is 14.8. The van der Waals surface area contributed by atoms with Gasteiger partial charge in [0.15, 0.2) is 0 Å². The van der Waals surface area contributed by atoms with Gasteiger partial charge in [-0.3, -0.25) is 4.79 Å². The summed E-state index contributed by atoms with van der Waals surface area (Å²) in [6, 6.07) is 7.47. The molecule has 1 amide bonds. The summed E-state index contributed by atoms with van der Waals surface area (Å²) in [4.78, 5) is 14.6. The van der Waals surface area contributed by atoms with Crippen molar-refractivity contribution in [1.29, 1.82) is 0 Å². The first kappa shape index (κ1) is 14.4. The van der Waals surface area contributed by atoms with Gasteiger partial charge in [0, 0.05) is 24.6 Å². The molecule has 0 aliphatic carbocycles. The lowest BCUT2D eigenvalue weighted by atomic mass is 9.92. The molecule has 2 heterocycles. The summed E-state index contributed by atoms with van der Waals surface area (Å²) >= 11 is 0. The van der Waals surface area contributed by atoms with Gasteiger partial charge in [0.25, 0.3) is 5.91 Å². The van der Waals surface area contributed by atoms with Crippen LogP contribution in [0.15, 0.2) is 24.3 Å². The zero-order valence-corrected chi connectivity index (χ0v) is 12.7. The third-order valence-corrected chi connectivity index (χ3v) is 4.39. The minimum atomic E-state index is 0.106. The third kappa shape index (κ3) is 3.05. The number of benzene rings is 1. The fraction of sp³-hybridized carbons (Fsp3) is 0.588. The minimum absolute atomic E-state index is 0.106. The number of nitrogens with zero attached hydrogens (tertiary/aromatic N) is 1. The number of piperidine rings is 1. The number of hydrogen-bond acceptors (Lipinski definition) is 3. The van der Waals surface area contributed by atoms with Crippen LogP contribution in [0.25, 0.3) is 0 Å². The zero-order valence-electron chi connectivity index (χ0n) is 12.7. The SMILES string of the molecule is CCOc1cccc(C(=O)N2CC[C@@H]3O[C@H](C)C[C@@H]3C2)c1. The van der Waals surface area contributed by atoms with Gasteiger partial charge in [0.05, 0.1) is 18.8 Å². The Bertz CT molecular complexity index is 517. The van der Waals surface area contributed by atoms with Crippen LogP contribution in [0.5, 0.6) is 5.75 Å². The van der Waals surface area contributed by atoms with Gasteiger partial charge in [-0.15, -0.1) is 0 Å². The summed E-state index contributed by atoms with van der Waals surface area (Å²) in [5.74, 6) is 1.36. The minimum Gasteiger partial charge on any atom is -0.494 e. The van der Waals surface area contributed by atoms with Gasteiger partial charge >= 0.3 is 0 Å². The van der Waals surface area contributed by atoms with Crippen molar-refractivity contribution in [2.24, 2.45) is 5.92 Å². The fourth-order valence-electron chi connectivity index (χ4n) is 3.45. The number of carbonyl (C=O) groups excluding carboxylic acids is 1. The molecule has 2 aliphatic rings. The molecule has 1 aromatic carbocycles. The average Bonchev–Trinajstić information content (AvgIpc) is 2.86. The largest absolute Gasteiger partial charge is 0.494 e. The predicted molar refractivity (Wildman–Crippen MR) is 80.6 cm³/mol. The summed E-state index contributed by atoms with van der Waals surface area (Å²) < 4.78 is 11.4. The quantitative estimate of drug-likeness (QED) is 0.859. The van der Waals surface area contributed by atoms with Gasteiger partial charge in [0.2, 0.25) is 0 Å². The van der Waals surface area contributed by atoms with Crippen molar-refractivity contribution in [3.8, 4) is 5.75 Å². The summed E-state index contributed by atoms with van der Waals surface area (Å²) in [6.45, 7) is 6.27. The number of likely N-dealkylation sites (tertiary alicyclic amines) is 1. The van der Waals surface area contributed by atoms with E-state index in [9.17, 15) is 4.79 Å². The maximum absolute atomic E-state index is 12.7. The highest BCUT2D eigenvalue weighted by Crippen LogP contribution is 2.33. The van der Waals surface area contributed by atoms with Crippen LogP contribution in [-0.2, 0) is 4.74 Å². The Labute approximate surface area is 126 Å². The van der Waals surface area contributed by atoms with E-state index in [0.29, 0.717) is 30.3 Å². The molecule has 0 unspecified atom stereocenters. The van der Waals surface area contributed by atoms with Crippen LogP contribution >= 0.6 is 0 Å². The Kier molecular flexibility index (Phi) is 4.15. The molecule has 2 fully saturated rings. The highest BCUT2D eigenvalue weighted by molar-refractivity contribution is 5.94. The molecule has 21 heavy (non-hydrogen) atoms. The lowest BCUT2D eigenvalue weighted by Gasteiger charge is -2.34. The second-order valence-electron chi connectivity index (χ2n) is 5.98. The van der Waals surface area contributed by atoms with E-state index in [0.717, 1.165) is 31.7 Å². The highest BCUT2D eigenvalue weighted by atomic mass is 16.5. The first-order chi connectivity index (χ1) is 10.2. The van der Waals surface area contributed by atoms with Crippen LogP contribution in [0.2, 0.25) is 0 Å². The number of carbonyl (C=O) groups is 1. The fourth-order valence-corrected chi connectivity index (χ4v) is 3.45. The van der Waals surface area contributed by atoms with E-state index < -0.39 is 0 Å². The van der Waals surface area contributed by atoms with E-state index in [2.05, 4.69) is 6.92 Å². The molecule has 3 atom stereocenters. The standard InChI is InChI=1S/C17H23NO3/c1-3-20-15-6-4-5-13(10-15)17(19)18-8-7-16-14(11-18)9-12(2)21-16/h4-6,10,12,14,16H,3,7-9,11H2,1-2H3/t12-,14-,16+/m1/s1. The molecule has 114 valence electrons. The third-order valence-electron chi connectivity index (χ3n) is 4.39. The topological polar surface area (TPSA) is 38.8 Å². The molecule has 4 nitrogen and oxygen atoms in total. The second kappa shape index (κ2) is 6.06. The first-order valence-corrected chi connectivity index (χ1v) is 7.85. The van der Waals surface area contributed by atoms with E-state index in [1.54, 1.807) is 0 Å². The van der Waals surface area contributed by atoms with Crippen LogP contribution in [-0.4, -0.2) is 42.7 Å². The van der Waals surface area contributed by atoms with Crippen LogP contribution in [0, 0.1) is 5.92 Å². The number of hydrogen-bond donors (Lipinski definition) is 0. The van der Waals surface area contributed by atoms with Crippen molar-refractivity contribution < 1.29 is 14.3 Å². The smallest absolute Gasteiger partial charge is 0.254 e. The predicted octanol–water partition coefficient (Wildman–Crippen LogP) is 2.72. The summed E-state index contributed by atoms with van der Waals surface area (Å²) in [6.07, 6.45) is 2.69. The van der Waals surface area contributed by atoms with E-state index in [4.69, 9.17) is 9.47 Å². The van der Waals surface area contributed by atoms with Crippen LogP contribution in [0.1, 0.15) is 37.0 Å². The lowest BCUT2D eigenvalue weighted by molar-refractivity contribution is 0.00864. The van der Waals surface area contributed by atoms with Crippen molar-refractivity contribution in [2.75, 3.05) is 19.7 Å². The first-order valence-electron chi connectivity index (χ1n) is 7.85. The van der Waals surface area contributed by atoms with Crippen LogP contribution in [0.4, 0.5) is 0 Å². The molecule has 2 saturated heterocycles. The molecule has 0 bridgehead atoms. The average molecular weight is 289 g/mol. The molecule has 3 rings (SSSR count). The van der Waals surface area contributed by atoms with Gasteiger partial charge in [-0.1, -0.05) is 6.07 Å². The van der Waals surface area contributed by atoms with Crippen molar-refractivity contribution in [1.82, 2.24) is 4.90 Å². The Hall–Kier alpha value is -1.55. The summed E-state index contributed by atoms with van der Waals surface area (Å²) in [5, 5.41) is 0. The van der Waals surface area contributed by atoms with Crippen LogP contribution < -0.4 is 4.74 Å². The Morgan fingerprint density at radius 1 is 1.48 bits per heavy atom. The Balaban J connectivity index is 1.69. The van der Waals surface area contributed by atoms with Gasteiger partial charge in [-0.25, -0.2) is 0 Å². The van der Waals surface area contributed by atoms with Crippen LogP contribution in [0.3, 0.4) is 0 Å². The summed E-state index contributed by atoms with van der Waals surface area (Å²) in [7, 11) is 0. The molecule has 0 aromatic heterocycles. The molecular weight excluding hydrogens is 266 g/mol. The second-order valence-corrected chi connectivity index (χ2v) is 5.98. The maximum Gasteiger partial charge on any atom is 0.254 e. The molecule has 0 spiro atoms. The normalized spacial score (nSPS) is 28.3. The van der Waals surface area contributed by atoms with Gasteiger partial charge in [-0.05, 0) is 44.9 Å². The summed E-state index contributed by atoms with van der Waals surface area (Å²) in [5.41, 5.74) is 0.714. The number of ether oxygens (including phenoxy) is 2. The molecule has 0 radical (unpaired) electrons. The molecule has 4 heteroatoms. The monoisotopic (exact) mass is 289 g/mol. The molecule has 0 N–H and O–H groups in total. The van der Waals surface area contributed by atoms with Crippen molar-refractivity contribution in [3.63, 3.8) is 0 Å². The van der Waals surface area contributed by atoms with E-state index in [-0.39, 0.29) is 5.91 Å². The number of fused-ring (bicyclic) bond motifs is 1. The van der Waals surface area contributed by atoms with E-state index in [1.165, 1.54) is 0 Å². The molecule has 0 saturated carbocycles. The van der Waals surface area contributed by atoms with E-state index >= 15 is 0 Å². The molecular formula is C17H23NO3. The van der Waals surface area contributed by atoms with Gasteiger partial charge in [0.1, 0.15) is 5.75 Å². The van der Waals surface area contributed by atoms with Gasteiger partial charge < -0.3 is 14.4 Å². The highest BCUT2D eigenvalue weighted by Gasteiger charge is 2.38. The lowest BCUT2D eigenvalue weighted by Crippen LogP contribution is -2.44. The molecule has 2 aliphatic heterocycles. The maximum atomic E-state index is 12.7. The van der Waals surface area contributed by atoms with Gasteiger partial charge in [-0.2, -0.15) is 0 Å². The van der Waals surface area contributed by atoms with E-state index in [1.807, 2.05) is 36.1 Å². The van der Waals surface area contributed by atoms with Crippen molar-refractivity contribution in [3.05, 3.63) is 29.8 Å². The van der Waals surface area contributed by atoms with Crippen molar-refractivity contribution >= 4 is 5.91 Å². The Morgan fingerprint density at radius 2 is 2.33 bits per heavy atom. The molecule has 1 aromatic rings. The number of rotatable bonds is 3. The number of amides is 1. The van der Waals surface area contributed by atoms with Crippen molar-refractivity contribution in [2.45, 2.75) is 38.9 Å².